The molecule has 0 atom stereocenters. The van der Waals surface area contributed by atoms with Crippen LogP contribution in [0, 0.1) is 5.82 Å². The smallest absolute Gasteiger partial charge is 0.191 e. The molecule has 2 rings (SSSR count). The van der Waals surface area contributed by atoms with Crippen LogP contribution in [0.15, 0.2) is 41.9 Å². The second kappa shape index (κ2) is 12.8. The Kier molecular flexibility index (Phi) is 11.2. The highest BCUT2D eigenvalue weighted by Crippen LogP contribution is 2.14. The number of nitrogens with zero attached hydrogens (tertiary/aromatic N) is 4. The molecule has 162 valence electrons. The van der Waals surface area contributed by atoms with Gasteiger partial charge in [-0.1, -0.05) is 6.07 Å². The number of guanidine groups is 1. The summed E-state index contributed by atoms with van der Waals surface area (Å²) in [7, 11) is 1.74. The Morgan fingerprint density at radius 3 is 2.48 bits per heavy atom. The fourth-order valence-electron chi connectivity index (χ4n) is 3.26. The van der Waals surface area contributed by atoms with Crippen LogP contribution < -0.4 is 10.6 Å². The van der Waals surface area contributed by atoms with E-state index >= 15 is 0 Å². The van der Waals surface area contributed by atoms with Gasteiger partial charge in [0, 0.05) is 51.2 Å². The first kappa shape index (κ1) is 25.4. The molecule has 0 aliphatic rings. The minimum atomic E-state index is -0.275. The molecule has 0 saturated heterocycles. The quantitative estimate of drug-likeness (QED) is 0.231. The summed E-state index contributed by atoms with van der Waals surface area (Å²) in [5.41, 5.74) is 1.35. The first-order valence-electron chi connectivity index (χ1n) is 9.89. The maximum absolute atomic E-state index is 14.3. The Labute approximate surface area is 191 Å². The number of rotatable bonds is 9. The van der Waals surface area contributed by atoms with Crippen molar-refractivity contribution in [2.45, 2.75) is 52.7 Å². The minimum absolute atomic E-state index is 0. The first-order chi connectivity index (χ1) is 13.4. The molecule has 0 bridgehead atoms. The molecule has 0 aliphatic heterocycles. The number of halogens is 2. The fraction of sp³-hybridized carbons (Fsp3) is 0.524. The normalized spacial score (nSPS) is 11.8. The van der Waals surface area contributed by atoms with E-state index in [4.69, 9.17) is 0 Å². The van der Waals surface area contributed by atoms with Crippen LogP contribution in [0.5, 0.6) is 0 Å². The highest BCUT2D eigenvalue weighted by atomic mass is 127. The van der Waals surface area contributed by atoms with Crippen molar-refractivity contribution in [2.75, 3.05) is 20.1 Å². The van der Waals surface area contributed by atoms with Crippen LogP contribution in [-0.2, 0) is 6.54 Å². The van der Waals surface area contributed by atoms with Gasteiger partial charge >= 0.3 is 0 Å². The van der Waals surface area contributed by atoms with Crippen molar-refractivity contribution in [3.63, 3.8) is 0 Å². The van der Waals surface area contributed by atoms with Crippen molar-refractivity contribution in [2.24, 2.45) is 4.99 Å². The summed E-state index contributed by atoms with van der Waals surface area (Å²) in [5.74, 6) is 0.447. The lowest BCUT2D eigenvalue weighted by Crippen LogP contribution is -2.41. The van der Waals surface area contributed by atoms with Gasteiger partial charge in [-0.2, -0.15) is 0 Å². The van der Waals surface area contributed by atoms with E-state index in [-0.39, 0.29) is 29.8 Å². The number of nitrogens with one attached hydrogen (secondary N) is 2. The van der Waals surface area contributed by atoms with Gasteiger partial charge in [0.05, 0.1) is 12.0 Å². The van der Waals surface area contributed by atoms with Crippen LogP contribution in [0.2, 0.25) is 0 Å². The first-order valence-corrected chi connectivity index (χ1v) is 9.89. The number of hydrogen-bond acceptors (Lipinski definition) is 3. The highest BCUT2D eigenvalue weighted by molar-refractivity contribution is 14.0. The zero-order valence-electron chi connectivity index (χ0n) is 18.0. The van der Waals surface area contributed by atoms with Gasteiger partial charge in [0.2, 0.25) is 0 Å². The van der Waals surface area contributed by atoms with E-state index in [0.717, 1.165) is 31.0 Å². The van der Waals surface area contributed by atoms with Gasteiger partial charge in [-0.05, 0) is 51.8 Å². The van der Waals surface area contributed by atoms with Crippen molar-refractivity contribution in [1.29, 1.82) is 0 Å². The van der Waals surface area contributed by atoms with Crippen LogP contribution in [0.1, 0.15) is 39.7 Å². The van der Waals surface area contributed by atoms with Crippen molar-refractivity contribution in [1.82, 2.24) is 25.1 Å². The molecule has 0 saturated carbocycles. The van der Waals surface area contributed by atoms with Gasteiger partial charge in [0.1, 0.15) is 5.82 Å². The molecule has 0 spiro atoms. The Morgan fingerprint density at radius 2 is 1.93 bits per heavy atom. The number of imidazole rings is 1. The van der Waals surface area contributed by atoms with E-state index < -0.39 is 0 Å². The van der Waals surface area contributed by atoms with Gasteiger partial charge in [-0.3, -0.25) is 9.89 Å². The molecule has 2 aromatic rings. The Balaban J connectivity index is 0.00000420. The molecule has 1 heterocycles. The zero-order valence-corrected chi connectivity index (χ0v) is 20.4. The Morgan fingerprint density at radius 1 is 1.21 bits per heavy atom. The molecule has 0 radical (unpaired) electrons. The average Bonchev–Trinajstić information content (AvgIpc) is 3.17. The van der Waals surface area contributed by atoms with Gasteiger partial charge in [-0.25, -0.2) is 9.37 Å². The van der Waals surface area contributed by atoms with Crippen LogP contribution in [0.25, 0.3) is 5.69 Å². The fourth-order valence-corrected chi connectivity index (χ4v) is 3.26. The van der Waals surface area contributed by atoms with Crippen LogP contribution >= 0.6 is 24.0 Å². The van der Waals surface area contributed by atoms with Crippen molar-refractivity contribution in [3.05, 3.63) is 48.3 Å². The molecule has 0 aliphatic carbocycles. The average molecular weight is 516 g/mol. The number of benzene rings is 1. The number of hydrogen-bond donors (Lipinski definition) is 2. The standard InChI is InChI=1S/C21H33FN6.HI/c1-16(2)28(17(3)4)11-6-9-25-21(23-5)26-14-18-7-8-20(19(22)13-18)27-12-10-24-15-27;/h7-8,10,12-13,15-17H,6,9,11,14H2,1-5H3,(H2,23,25,26);1H. The van der Waals surface area contributed by atoms with Crippen molar-refractivity contribution < 1.29 is 4.39 Å². The van der Waals surface area contributed by atoms with Gasteiger partial charge in [-0.15, -0.1) is 24.0 Å². The van der Waals surface area contributed by atoms with Crippen LogP contribution in [0.3, 0.4) is 0 Å². The molecule has 0 unspecified atom stereocenters. The number of aliphatic imine (C=N–C) groups is 1. The largest absolute Gasteiger partial charge is 0.356 e. The van der Waals surface area contributed by atoms with E-state index in [1.165, 1.54) is 0 Å². The summed E-state index contributed by atoms with van der Waals surface area (Å²) in [6.45, 7) is 11.3. The third-order valence-corrected chi connectivity index (χ3v) is 4.69. The van der Waals surface area contributed by atoms with E-state index in [2.05, 4.69) is 53.2 Å². The van der Waals surface area contributed by atoms with Crippen LogP contribution in [0.4, 0.5) is 4.39 Å². The second-order valence-corrected chi connectivity index (χ2v) is 7.39. The predicted octanol–water partition coefficient (Wildman–Crippen LogP) is 3.80. The summed E-state index contributed by atoms with van der Waals surface area (Å²) >= 11 is 0. The van der Waals surface area contributed by atoms with Crippen molar-refractivity contribution in [3.8, 4) is 5.69 Å². The lowest BCUT2D eigenvalue weighted by atomic mass is 10.2. The van der Waals surface area contributed by atoms with Gasteiger partial charge in [0.25, 0.3) is 0 Å². The predicted molar refractivity (Wildman–Crippen MR) is 129 cm³/mol. The lowest BCUT2D eigenvalue weighted by Gasteiger charge is -2.30. The number of aromatic nitrogens is 2. The van der Waals surface area contributed by atoms with E-state index in [0.29, 0.717) is 24.3 Å². The summed E-state index contributed by atoms with van der Waals surface area (Å²) in [6, 6.07) is 6.28. The summed E-state index contributed by atoms with van der Waals surface area (Å²) in [6.07, 6.45) is 5.97. The molecular weight excluding hydrogens is 482 g/mol. The zero-order chi connectivity index (χ0) is 20.5. The SMILES string of the molecule is CN=C(NCCCN(C(C)C)C(C)C)NCc1ccc(-n2ccnc2)c(F)c1.I. The molecule has 2 N–H and O–H groups in total. The maximum atomic E-state index is 14.3. The molecule has 8 heteroatoms. The lowest BCUT2D eigenvalue weighted by molar-refractivity contribution is 0.173. The Bertz CT molecular complexity index is 738. The third kappa shape index (κ3) is 7.93. The Hall–Kier alpha value is -1.68. The topological polar surface area (TPSA) is 57.5 Å². The minimum Gasteiger partial charge on any atom is -0.356 e. The van der Waals surface area contributed by atoms with Crippen molar-refractivity contribution >= 4 is 29.9 Å². The van der Waals surface area contributed by atoms with Gasteiger partial charge < -0.3 is 15.2 Å². The molecule has 1 aromatic heterocycles. The van der Waals surface area contributed by atoms with Gasteiger partial charge in [0.15, 0.2) is 5.96 Å². The molecule has 6 nitrogen and oxygen atoms in total. The van der Waals surface area contributed by atoms with E-state index in [1.807, 2.05) is 6.07 Å². The molecule has 0 fully saturated rings. The monoisotopic (exact) mass is 516 g/mol. The molecule has 1 aromatic carbocycles. The molecular formula is C21H34FIN6. The summed E-state index contributed by atoms with van der Waals surface area (Å²) in [5, 5.41) is 6.57. The molecule has 0 amide bonds. The van der Waals surface area contributed by atoms with Crippen LogP contribution in [-0.4, -0.2) is 52.6 Å². The maximum Gasteiger partial charge on any atom is 0.191 e. The second-order valence-electron chi connectivity index (χ2n) is 7.39. The summed E-state index contributed by atoms with van der Waals surface area (Å²) < 4.78 is 16.0. The van der Waals surface area contributed by atoms with E-state index in [1.54, 1.807) is 42.5 Å². The highest BCUT2D eigenvalue weighted by Gasteiger charge is 2.12. The van der Waals surface area contributed by atoms with E-state index in [9.17, 15) is 4.39 Å². The summed E-state index contributed by atoms with van der Waals surface area (Å²) in [4.78, 5) is 10.7. The third-order valence-electron chi connectivity index (χ3n) is 4.69. The molecule has 29 heavy (non-hydrogen) atoms.